The molecule has 0 fully saturated rings. The van der Waals surface area contributed by atoms with Crippen LogP contribution in [-0.2, 0) is 13.2 Å². The summed E-state index contributed by atoms with van der Waals surface area (Å²) in [7, 11) is 0. The molecule has 0 unspecified atom stereocenters. The van der Waals surface area contributed by atoms with Crippen LogP contribution in [0.4, 0.5) is 0 Å². The van der Waals surface area contributed by atoms with Gasteiger partial charge in [-0.05, 0) is 31.5 Å². The largest absolute Gasteiger partial charge is 0.489 e. The molecule has 0 aliphatic rings. The highest BCUT2D eigenvalue weighted by Crippen LogP contribution is 2.18. The Hall–Kier alpha value is -2.80. The highest BCUT2D eigenvalue weighted by atomic mass is 35.5. The Bertz CT molecular complexity index is 903. The molecular weight excluding hydrogens is 356 g/mol. The van der Waals surface area contributed by atoms with Crippen LogP contribution in [0.3, 0.4) is 0 Å². The molecule has 2 heterocycles. The fourth-order valence-corrected chi connectivity index (χ4v) is 2.58. The molecule has 0 atom stereocenters. The molecule has 2 aromatic heterocycles. The zero-order valence-electron chi connectivity index (χ0n) is 14.5. The molecule has 1 amide bonds. The predicted octanol–water partition coefficient (Wildman–Crippen LogP) is 3.15. The van der Waals surface area contributed by atoms with Gasteiger partial charge in [-0.2, -0.15) is 5.10 Å². The summed E-state index contributed by atoms with van der Waals surface area (Å²) in [6.45, 7) is 4.84. The second-order valence-corrected chi connectivity index (χ2v) is 6.29. The molecule has 0 spiro atoms. The molecule has 8 heteroatoms. The summed E-state index contributed by atoms with van der Waals surface area (Å²) in [5.74, 6) is 0.970. The van der Waals surface area contributed by atoms with Crippen LogP contribution in [0.5, 0.6) is 5.75 Å². The molecular formula is C18H19ClN4O3. The topological polar surface area (TPSA) is 82.2 Å². The van der Waals surface area contributed by atoms with Gasteiger partial charge in [-0.3, -0.25) is 9.48 Å². The van der Waals surface area contributed by atoms with Gasteiger partial charge in [0.2, 0.25) is 0 Å². The number of ether oxygens (including phenoxy) is 1. The second-order valence-electron chi connectivity index (χ2n) is 5.85. The first-order valence-electron chi connectivity index (χ1n) is 8.13. The van der Waals surface area contributed by atoms with E-state index in [4.69, 9.17) is 20.9 Å². The maximum Gasteiger partial charge on any atom is 0.273 e. The van der Waals surface area contributed by atoms with Crippen LogP contribution in [0.25, 0.3) is 0 Å². The van der Waals surface area contributed by atoms with E-state index in [2.05, 4.69) is 15.6 Å². The minimum atomic E-state index is -0.317. The summed E-state index contributed by atoms with van der Waals surface area (Å²) in [5, 5.41) is 11.3. The molecule has 1 N–H and O–H groups in total. The van der Waals surface area contributed by atoms with Crippen molar-refractivity contribution in [2.75, 3.05) is 6.54 Å². The van der Waals surface area contributed by atoms with Gasteiger partial charge in [0.05, 0.1) is 23.3 Å². The van der Waals surface area contributed by atoms with Crippen LogP contribution in [0.15, 0.2) is 41.2 Å². The Morgan fingerprint density at radius 1 is 1.38 bits per heavy atom. The first kappa shape index (κ1) is 18.0. The van der Waals surface area contributed by atoms with Gasteiger partial charge in [-0.15, -0.1) is 0 Å². The third-order valence-electron chi connectivity index (χ3n) is 3.80. The smallest absolute Gasteiger partial charge is 0.273 e. The molecule has 0 aliphatic heterocycles. The Morgan fingerprint density at radius 2 is 2.23 bits per heavy atom. The van der Waals surface area contributed by atoms with Crippen molar-refractivity contribution in [2.45, 2.75) is 27.0 Å². The second kappa shape index (κ2) is 8.05. The number of rotatable bonds is 7. The van der Waals surface area contributed by atoms with E-state index < -0.39 is 0 Å². The van der Waals surface area contributed by atoms with Crippen molar-refractivity contribution in [3.8, 4) is 5.75 Å². The molecule has 0 saturated carbocycles. The molecule has 0 bridgehead atoms. The van der Waals surface area contributed by atoms with Crippen molar-refractivity contribution in [1.82, 2.24) is 20.3 Å². The minimum absolute atomic E-state index is 0.205. The Balaban J connectivity index is 1.60. The lowest BCUT2D eigenvalue weighted by atomic mass is 10.2. The number of aromatic nitrogens is 3. The van der Waals surface area contributed by atoms with Gasteiger partial charge in [-0.25, -0.2) is 0 Å². The van der Waals surface area contributed by atoms with E-state index in [0.717, 1.165) is 11.3 Å². The van der Waals surface area contributed by atoms with Crippen LogP contribution >= 0.6 is 11.6 Å². The molecule has 136 valence electrons. The zero-order valence-corrected chi connectivity index (χ0v) is 15.3. The number of nitrogens with one attached hydrogen (secondary N) is 1. The Morgan fingerprint density at radius 3 is 2.96 bits per heavy atom. The van der Waals surface area contributed by atoms with Gasteiger partial charge in [-0.1, -0.05) is 28.9 Å². The maximum absolute atomic E-state index is 12.4. The average Bonchev–Trinajstić information content (AvgIpc) is 3.18. The van der Waals surface area contributed by atoms with E-state index in [0.29, 0.717) is 29.4 Å². The van der Waals surface area contributed by atoms with Gasteiger partial charge in [0.15, 0.2) is 5.69 Å². The van der Waals surface area contributed by atoms with Crippen LogP contribution in [0.2, 0.25) is 5.02 Å². The van der Waals surface area contributed by atoms with Crippen molar-refractivity contribution in [3.05, 3.63) is 64.3 Å². The predicted molar refractivity (Wildman–Crippen MR) is 96.3 cm³/mol. The molecule has 3 aromatic rings. The van der Waals surface area contributed by atoms with E-state index in [9.17, 15) is 4.79 Å². The van der Waals surface area contributed by atoms with Gasteiger partial charge < -0.3 is 14.6 Å². The Labute approximate surface area is 155 Å². The minimum Gasteiger partial charge on any atom is -0.489 e. The van der Waals surface area contributed by atoms with Crippen molar-refractivity contribution in [1.29, 1.82) is 0 Å². The molecule has 7 nitrogen and oxygen atoms in total. The third kappa shape index (κ3) is 4.43. The van der Waals surface area contributed by atoms with Crippen molar-refractivity contribution in [3.63, 3.8) is 0 Å². The van der Waals surface area contributed by atoms with E-state index in [1.807, 2.05) is 31.2 Å². The van der Waals surface area contributed by atoms with E-state index in [-0.39, 0.29) is 18.2 Å². The summed E-state index contributed by atoms with van der Waals surface area (Å²) in [6, 6.07) is 7.70. The molecule has 0 saturated heterocycles. The first-order chi connectivity index (χ1) is 12.5. The number of hydrogen-bond donors (Lipinski definition) is 1. The van der Waals surface area contributed by atoms with E-state index in [1.165, 1.54) is 0 Å². The third-order valence-corrected chi connectivity index (χ3v) is 4.00. The lowest BCUT2D eigenvalue weighted by molar-refractivity contribution is 0.0940. The summed E-state index contributed by atoms with van der Waals surface area (Å²) < 4.78 is 12.6. The van der Waals surface area contributed by atoms with Crippen LogP contribution < -0.4 is 10.1 Å². The van der Waals surface area contributed by atoms with Crippen molar-refractivity contribution < 1.29 is 14.1 Å². The molecule has 1 aromatic carbocycles. The van der Waals surface area contributed by atoms with Crippen LogP contribution in [0, 0.1) is 13.8 Å². The summed E-state index contributed by atoms with van der Waals surface area (Å²) in [5.41, 5.74) is 1.96. The summed E-state index contributed by atoms with van der Waals surface area (Å²) in [6.07, 6.45) is 3.24. The standard InChI is InChI=1S/C18H19ClN4O3/c1-12-4-3-5-15(8-12)25-11-16-13(2)26-22-17(16)18(24)20-6-7-23-10-14(19)9-21-23/h3-5,8-10H,6-7,11H2,1-2H3,(H,20,24). The fourth-order valence-electron chi connectivity index (χ4n) is 2.43. The lowest BCUT2D eigenvalue weighted by Crippen LogP contribution is -2.28. The number of amides is 1. The van der Waals surface area contributed by atoms with Gasteiger partial charge >= 0.3 is 0 Å². The number of aryl methyl sites for hydroxylation is 2. The monoisotopic (exact) mass is 374 g/mol. The van der Waals surface area contributed by atoms with Crippen LogP contribution in [-0.4, -0.2) is 27.4 Å². The highest BCUT2D eigenvalue weighted by molar-refractivity contribution is 6.30. The SMILES string of the molecule is Cc1cccc(OCc2c(C(=O)NCCn3cc(Cl)cn3)noc2C)c1. The van der Waals surface area contributed by atoms with E-state index in [1.54, 1.807) is 24.0 Å². The number of carbonyl (C=O) groups is 1. The van der Waals surface area contributed by atoms with Gasteiger partial charge in [0, 0.05) is 12.7 Å². The lowest BCUT2D eigenvalue weighted by Gasteiger charge is -2.08. The molecule has 3 rings (SSSR count). The number of nitrogens with zero attached hydrogens (tertiary/aromatic N) is 3. The summed E-state index contributed by atoms with van der Waals surface area (Å²) in [4.78, 5) is 12.4. The quantitative estimate of drug-likeness (QED) is 0.687. The van der Waals surface area contributed by atoms with E-state index >= 15 is 0 Å². The maximum atomic E-state index is 12.4. The number of halogens is 1. The van der Waals surface area contributed by atoms with Crippen molar-refractivity contribution in [2.24, 2.45) is 0 Å². The molecule has 0 radical (unpaired) electrons. The fraction of sp³-hybridized carbons (Fsp3) is 0.278. The van der Waals surface area contributed by atoms with Crippen molar-refractivity contribution >= 4 is 17.5 Å². The highest BCUT2D eigenvalue weighted by Gasteiger charge is 2.20. The Kier molecular flexibility index (Phi) is 5.58. The number of hydrogen-bond acceptors (Lipinski definition) is 5. The average molecular weight is 375 g/mol. The van der Waals surface area contributed by atoms with Crippen LogP contribution in [0.1, 0.15) is 27.4 Å². The normalized spacial score (nSPS) is 10.7. The first-order valence-corrected chi connectivity index (χ1v) is 8.51. The molecule has 0 aliphatic carbocycles. The zero-order chi connectivity index (χ0) is 18.5. The molecule has 26 heavy (non-hydrogen) atoms. The number of carbonyl (C=O) groups excluding carboxylic acids is 1. The van der Waals surface area contributed by atoms with Gasteiger partial charge in [0.25, 0.3) is 5.91 Å². The van der Waals surface area contributed by atoms with Gasteiger partial charge in [0.1, 0.15) is 18.1 Å². The summed E-state index contributed by atoms with van der Waals surface area (Å²) >= 11 is 5.81. The number of benzene rings is 1.